The minimum atomic E-state index is -1.55. The fourth-order valence-electron chi connectivity index (χ4n) is 1.60. The Morgan fingerprint density at radius 1 is 1.20 bits per heavy atom. The molecule has 4 heteroatoms. The van der Waals surface area contributed by atoms with E-state index in [0.717, 1.165) is 4.90 Å². The maximum absolute atomic E-state index is 13.1. The molecule has 1 fully saturated rings. The number of amides is 2. The first-order chi connectivity index (χ1) is 7.20. The van der Waals surface area contributed by atoms with Crippen molar-refractivity contribution in [3.63, 3.8) is 0 Å². The molecule has 0 aromatic heterocycles. The van der Waals surface area contributed by atoms with E-state index in [1.54, 1.807) is 30.3 Å². The number of hydrogen-bond donors (Lipinski definition) is 0. The summed E-state index contributed by atoms with van der Waals surface area (Å²) in [6, 6.07) is 8.42. The Morgan fingerprint density at radius 3 is 2.53 bits per heavy atom. The number of carbonyl (C=O) groups excluding carboxylic acids is 2. The number of hydrogen-bond acceptors (Lipinski definition) is 2. The molecule has 1 saturated heterocycles. The highest BCUT2D eigenvalue weighted by Crippen LogP contribution is 2.22. The lowest BCUT2D eigenvalue weighted by Gasteiger charge is -2.26. The van der Waals surface area contributed by atoms with Gasteiger partial charge in [-0.05, 0) is 18.6 Å². The standard InChI is InChI=1S/C11H10FNO2/c12-9-6-7-10(14)13(11(9)15)8-4-2-1-3-5-8/h1-5,9H,6-7H2. The third-order valence-corrected chi connectivity index (χ3v) is 2.36. The normalized spacial score (nSPS) is 21.9. The van der Waals surface area contributed by atoms with Gasteiger partial charge >= 0.3 is 0 Å². The third kappa shape index (κ3) is 1.75. The number of carbonyl (C=O) groups is 2. The van der Waals surface area contributed by atoms with Crippen LogP contribution in [-0.2, 0) is 9.59 Å². The molecule has 1 heterocycles. The first-order valence-electron chi connectivity index (χ1n) is 4.76. The number of nitrogens with zero attached hydrogens (tertiary/aromatic N) is 1. The molecule has 78 valence electrons. The highest BCUT2D eigenvalue weighted by molar-refractivity contribution is 6.17. The Kier molecular flexibility index (Phi) is 2.49. The number of rotatable bonds is 1. The van der Waals surface area contributed by atoms with Gasteiger partial charge in [-0.3, -0.25) is 9.59 Å². The van der Waals surface area contributed by atoms with E-state index in [1.807, 2.05) is 0 Å². The van der Waals surface area contributed by atoms with Crippen LogP contribution < -0.4 is 4.90 Å². The summed E-state index contributed by atoms with van der Waals surface area (Å²) in [6.45, 7) is 0. The van der Waals surface area contributed by atoms with E-state index < -0.39 is 12.1 Å². The van der Waals surface area contributed by atoms with Crippen LogP contribution in [0.15, 0.2) is 30.3 Å². The maximum Gasteiger partial charge on any atom is 0.268 e. The summed E-state index contributed by atoms with van der Waals surface area (Å²) in [5.74, 6) is -1.09. The highest BCUT2D eigenvalue weighted by Gasteiger charge is 2.35. The van der Waals surface area contributed by atoms with E-state index in [4.69, 9.17) is 0 Å². The molecule has 0 aliphatic carbocycles. The second-order valence-corrected chi connectivity index (χ2v) is 3.41. The minimum absolute atomic E-state index is 0.000992. The minimum Gasteiger partial charge on any atom is -0.274 e. The average molecular weight is 207 g/mol. The van der Waals surface area contributed by atoms with E-state index in [0.29, 0.717) is 5.69 Å². The van der Waals surface area contributed by atoms with Crippen molar-refractivity contribution in [1.82, 2.24) is 0 Å². The summed E-state index contributed by atoms with van der Waals surface area (Å²) >= 11 is 0. The summed E-state index contributed by atoms with van der Waals surface area (Å²) in [6.07, 6.45) is -1.47. The van der Waals surface area contributed by atoms with Crippen LogP contribution in [0.4, 0.5) is 10.1 Å². The molecule has 2 amide bonds. The molecule has 1 atom stereocenters. The predicted molar refractivity (Wildman–Crippen MR) is 53.1 cm³/mol. The number of imide groups is 1. The molecule has 1 aromatic carbocycles. The first-order valence-corrected chi connectivity index (χ1v) is 4.76. The van der Waals surface area contributed by atoms with E-state index >= 15 is 0 Å². The van der Waals surface area contributed by atoms with Gasteiger partial charge in [-0.1, -0.05) is 18.2 Å². The van der Waals surface area contributed by atoms with Crippen molar-refractivity contribution in [2.75, 3.05) is 4.90 Å². The molecule has 1 aromatic rings. The largest absolute Gasteiger partial charge is 0.274 e. The molecule has 3 nitrogen and oxygen atoms in total. The third-order valence-electron chi connectivity index (χ3n) is 2.36. The van der Waals surface area contributed by atoms with E-state index in [-0.39, 0.29) is 18.7 Å². The molecule has 1 aliphatic rings. The van der Waals surface area contributed by atoms with Crippen molar-refractivity contribution >= 4 is 17.5 Å². The van der Waals surface area contributed by atoms with Gasteiger partial charge in [-0.2, -0.15) is 0 Å². The topological polar surface area (TPSA) is 37.4 Å². The van der Waals surface area contributed by atoms with Crippen LogP contribution in [0.1, 0.15) is 12.8 Å². The Labute approximate surface area is 86.5 Å². The van der Waals surface area contributed by atoms with Gasteiger partial charge in [0.2, 0.25) is 5.91 Å². The first kappa shape index (κ1) is 9.83. The molecule has 0 bridgehead atoms. The number of piperidine rings is 1. The van der Waals surface area contributed by atoms with Crippen LogP contribution in [0.25, 0.3) is 0 Å². The molecule has 1 aliphatic heterocycles. The second-order valence-electron chi connectivity index (χ2n) is 3.41. The lowest BCUT2D eigenvalue weighted by atomic mass is 10.1. The SMILES string of the molecule is O=C1CCC(F)C(=O)N1c1ccccc1. The summed E-state index contributed by atoms with van der Waals surface area (Å²) in [4.78, 5) is 23.9. The average Bonchev–Trinajstić information content (AvgIpc) is 2.26. The van der Waals surface area contributed by atoms with E-state index in [9.17, 15) is 14.0 Å². The van der Waals surface area contributed by atoms with Crippen molar-refractivity contribution in [3.05, 3.63) is 30.3 Å². The van der Waals surface area contributed by atoms with Gasteiger partial charge in [0.1, 0.15) is 0 Å². The molecule has 1 unspecified atom stereocenters. The van der Waals surface area contributed by atoms with Crippen molar-refractivity contribution in [2.45, 2.75) is 19.0 Å². The van der Waals surface area contributed by atoms with Crippen molar-refractivity contribution in [3.8, 4) is 0 Å². The zero-order chi connectivity index (χ0) is 10.8. The van der Waals surface area contributed by atoms with E-state index in [2.05, 4.69) is 0 Å². The van der Waals surface area contributed by atoms with Crippen LogP contribution in [0, 0.1) is 0 Å². The Hall–Kier alpha value is -1.71. The number of anilines is 1. The summed E-state index contributed by atoms with van der Waals surface area (Å²) in [5, 5.41) is 0. The van der Waals surface area contributed by atoms with Crippen molar-refractivity contribution in [1.29, 1.82) is 0 Å². The predicted octanol–water partition coefficient (Wildman–Crippen LogP) is 1.68. The van der Waals surface area contributed by atoms with Gasteiger partial charge in [-0.15, -0.1) is 0 Å². The van der Waals surface area contributed by atoms with Gasteiger partial charge in [-0.25, -0.2) is 9.29 Å². The van der Waals surface area contributed by atoms with Crippen LogP contribution in [0.2, 0.25) is 0 Å². The molecule has 0 saturated carbocycles. The van der Waals surface area contributed by atoms with Gasteiger partial charge < -0.3 is 0 Å². The lowest BCUT2D eigenvalue weighted by Crippen LogP contribution is -2.46. The van der Waals surface area contributed by atoms with Crippen LogP contribution >= 0.6 is 0 Å². The molecular formula is C11H10FNO2. The van der Waals surface area contributed by atoms with Crippen LogP contribution in [-0.4, -0.2) is 18.0 Å². The molecule has 0 N–H and O–H groups in total. The fourth-order valence-corrected chi connectivity index (χ4v) is 1.60. The van der Waals surface area contributed by atoms with Crippen LogP contribution in [0.3, 0.4) is 0 Å². The summed E-state index contributed by atoms with van der Waals surface area (Å²) < 4.78 is 13.1. The van der Waals surface area contributed by atoms with Gasteiger partial charge in [0.25, 0.3) is 5.91 Å². The Balaban J connectivity index is 2.34. The zero-order valence-electron chi connectivity index (χ0n) is 8.02. The van der Waals surface area contributed by atoms with Crippen molar-refractivity contribution < 1.29 is 14.0 Å². The quantitative estimate of drug-likeness (QED) is 0.657. The number of para-hydroxylation sites is 1. The Bertz CT molecular complexity index is 391. The number of halogens is 1. The van der Waals surface area contributed by atoms with Crippen molar-refractivity contribution in [2.24, 2.45) is 0 Å². The number of benzene rings is 1. The molecule has 2 rings (SSSR count). The second kappa shape index (κ2) is 3.81. The lowest BCUT2D eigenvalue weighted by molar-refractivity contribution is -0.133. The van der Waals surface area contributed by atoms with E-state index in [1.165, 1.54) is 0 Å². The van der Waals surface area contributed by atoms with Gasteiger partial charge in [0.05, 0.1) is 5.69 Å². The summed E-state index contributed by atoms with van der Waals surface area (Å²) in [5.41, 5.74) is 0.440. The molecule has 0 spiro atoms. The fraction of sp³-hybridized carbons (Fsp3) is 0.273. The smallest absolute Gasteiger partial charge is 0.268 e. The monoisotopic (exact) mass is 207 g/mol. The molecule has 0 radical (unpaired) electrons. The molecular weight excluding hydrogens is 197 g/mol. The Morgan fingerprint density at radius 2 is 1.87 bits per heavy atom. The highest BCUT2D eigenvalue weighted by atomic mass is 19.1. The maximum atomic E-state index is 13.1. The number of alkyl halides is 1. The summed E-state index contributed by atoms with van der Waals surface area (Å²) in [7, 11) is 0. The molecule has 15 heavy (non-hydrogen) atoms. The zero-order valence-corrected chi connectivity index (χ0v) is 8.02. The van der Waals surface area contributed by atoms with Gasteiger partial charge in [0, 0.05) is 6.42 Å². The van der Waals surface area contributed by atoms with Crippen LogP contribution in [0.5, 0.6) is 0 Å². The van der Waals surface area contributed by atoms with Gasteiger partial charge in [0.15, 0.2) is 6.17 Å².